The fourth-order valence-corrected chi connectivity index (χ4v) is 5.23. The van der Waals surface area contributed by atoms with Gasteiger partial charge in [0.1, 0.15) is 17.2 Å². The molecule has 0 saturated carbocycles. The average Bonchev–Trinajstić information content (AvgIpc) is 2.92. The number of nitrogens with one attached hydrogen (secondary N) is 1. The third kappa shape index (κ3) is 4.45. The van der Waals surface area contributed by atoms with Crippen LogP contribution in [0.3, 0.4) is 0 Å². The summed E-state index contributed by atoms with van der Waals surface area (Å²) in [4.78, 5) is 38.5. The highest BCUT2D eigenvalue weighted by molar-refractivity contribution is 8.01. The largest absolute Gasteiger partial charge is 0.484 e. The quantitative estimate of drug-likeness (QED) is 0.339. The van der Waals surface area contributed by atoms with Crippen molar-refractivity contribution >= 4 is 64.3 Å². The second-order valence-electron chi connectivity index (χ2n) is 7.32. The van der Waals surface area contributed by atoms with Gasteiger partial charge in [0, 0.05) is 4.75 Å². The van der Waals surface area contributed by atoms with Crippen molar-refractivity contribution in [3.8, 4) is 5.75 Å². The highest BCUT2D eigenvalue weighted by atomic mass is 35.6. The molecule has 3 rings (SSSR count). The van der Waals surface area contributed by atoms with Crippen LogP contribution in [0.5, 0.6) is 5.75 Å². The Bertz CT molecular complexity index is 850. The minimum absolute atomic E-state index is 0.390. The van der Waals surface area contributed by atoms with Gasteiger partial charge in [-0.15, -0.1) is 11.8 Å². The number of rotatable bonds is 7. The third-order valence-electron chi connectivity index (χ3n) is 4.64. The van der Waals surface area contributed by atoms with Crippen LogP contribution < -0.4 is 10.1 Å². The lowest BCUT2D eigenvalue weighted by molar-refractivity contribution is -0.206. The summed E-state index contributed by atoms with van der Waals surface area (Å²) in [5.74, 6) is -2.06. The zero-order valence-electron chi connectivity index (χ0n) is 15.9. The van der Waals surface area contributed by atoms with Crippen LogP contribution in [0.1, 0.15) is 13.8 Å². The van der Waals surface area contributed by atoms with Gasteiger partial charge in [0.2, 0.25) is 3.79 Å². The molecule has 0 radical (unpaired) electrons. The third-order valence-corrected chi connectivity index (χ3v) is 6.58. The molecule has 2 saturated heterocycles. The molecule has 2 aliphatic rings. The maximum Gasteiger partial charge on any atom is 0.327 e. The number of alkyl halides is 3. The number of carboxylic acid groups (broad SMARTS) is 1. The molecule has 0 spiro atoms. The number of para-hydroxylation sites is 1. The van der Waals surface area contributed by atoms with Gasteiger partial charge in [-0.25, -0.2) is 4.79 Å². The van der Waals surface area contributed by atoms with E-state index in [9.17, 15) is 19.5 Å². The smallest absolute Gasteiger partial charge is 0.327 e. The Morgan fingerprint density at radius 3 is 2.47 bits per heavy atom. The van der Waals surface area contributed by atoms with Crippen LogP contribution in [0.25, 0.3) is 0 Å². The van der Waals surface area contributed by atoms with Crippen LogP contribution in [0.15, 0.2) is 30.3 Å². The van der Waals surface area contributed by atoms with E-state index >= 15 is 0 Å². The van der Waals surface area contributed by atoms with Crippen LogP contribution in [-0.2, 0) is 19.1 Å². The average molecular weight is 498 g/mol. The number of halogens is 3. The standard InChI is InChI=1S/C18H19Cl3N2O6S/c1-16(2)12(13(25)26)23-14(27)18(15(23)30-16,29-9-17(19,20)21)22-11(24)8-28-10-6-4-3-5-7-10/h3-7,12,15H,8-9H2,1-2H3,(H,22,24)(H,25,26)/t12-,15+,18+/m0/s1. The Morgan fingerprint density at radius 1 is 1.27 bits per heavy atom. The van der Waals surface area contributed by atoms with E-state index in [0.717, 1.165) is 0 Å². The number of fused-ring (bicyclic) bond motifs is 1. The molecule has 0 bridgehead atoms. The first-order chi connectivity index (χ1) is 13.9. The van der Waals surface area contributed by atoms with Crippen molar-refractivity contribution in [1.82, 2.24) is 10.2 Å². The van der Waals surface area contributed by atoms with Gasteiger partial charge in [0.05, 0.1) is 6.61 Å². The molecule has 1 aromatic rings. The number of hydrogen-bond acceptors (Lipinski definition) is 6. The minimum atomic E-state index is -1.87. The van der Waals surface area contributed by atoms with E-state index in [1.54, 1.807) is 44.2 Å². The summed E-state index contributed by atoms with van der Waals surface area (Å²) in [5.41, 5.74) is -1.87. The summed E-state index contributed by atoms with van der Waals surface area (Å²) in [6, 6.07) is 7.54. The fraction of sp³-hybridized carbons (Fsp3) is 0.500. The molecule has 30 heavy (non-hydrogen) atoms. The number of carbonyl (C=O) groups is 3. The number of amides is 2. The summed E-state index contributed by atoms with van der Waals surface area (Å²) in [7, 11) is 0. The Hall–Kier alpha value is -1.39. The number of nitrogens with zero attached hydrogens (tertiary/aromatic N) is 1. The first-order valence-corrected chi connectivity index (χ1v) is 10.8. The van der Waals surface area contributed by atoms with Crippen LogP contribution in [0.2, 0.25) is 0 Å². The van der Waals surface area contributed by atoms with E-state index in [4.69, 9.17) is 44.3 Å². The molecular weight excluding hydrogens is 479 g/mol. The van der Waals surface area contributed by atoms with Crippen LogP contribution in [-0.4, -0.2) is 66.7 Å². The van der Waals surface area contributed by atoms with Crippen molar-refractivity contribution in [3.63, 3.8) is 0 Å². The number of aliphatic carboxylic acids is 1. The van der Waals surface area contributed by atoms with Crippen molar-refractivity contribution in [3.05, 3.63) is 30.3 Å². The molecule has 2 heterocycles. The normalized spacial score (nSPS) is 27.2. The lowest BCUT2D eigenvalue weighted by atomic mass is 9.93. The Kier molecular flexibility index (Phi) is 6.42. The second-order valence-corrected chi connectivity index (χ2v) is 11.6. The van der Waals surface area contributed by atoms with E-state index in [-0.39, 0.29) is 6.61 Å². The monoisotopic (exact) mass is 496 g/mol. The zero-order valence-corrected chi connectivity index (χ0v) is 19.0. The van der Waals surface area contributed by atoms with Crippen molar-refractivity contribution in [2.24, 2.45) is 0 Å². The number of ether oxygens (including phenoxy) is 2. The molecule has 2 aliphatic heterocycles. The molecule has 2 amide bonds. The molecule has 12 heteroatoms. The van der Waals surface area contributed by atoms with Gasteiger partial charge < -0.3 is 24.8 Å². The lowest BCUT2D eigenvalue weighted by Gasteiger charge is -2.52. The first-order valence-electron chi connectivity index (χ1n) is 8.80. The summed E-state index contributed by atoms with van der Waals surface area (Å²) >= 11 is 18.5. The summed E-state index contributed by atoms with van der Waals surface area (Å²) in [6.45, 7) is 2.51. The molecule has 2 N–H and O–H groups in total. The molecule has 0 aromatic heterocycles. The molecule has 164 valence electrons. The minimum Gasteiger partial charge on any atom is -0.484 e. The predicted octanol–water partition coefficient (Wildman–Crippen LogP) is 2.41. The van der Waals surface area contributed by atoms with Gasteiger partial charge in [-0.3, -0.25) is 9.59 Å². The number of β-lactam (4-membered cyclic amide) rings is 1. The Balaban J connectivity index is 1.80. The molecule has 0 unspecified atom stereocenters. The van der Waals surface area contributed by atoms with E-state index in [0.29, 0.717) is 5.75 Å². The molecule has 1 aromatic carbocycles. The van der Waals surface area contributed by atoms with E-state index in [2.05, 4.69) is 5.32 Å². The van der Waals surface area contributed by atoms with Crippen molar-refractivity contribution in [2.45, 2.75) is 39.5 Å². The van der Waals surface area contributed by atoms with Gasteiger partial charge >= 0.3 is 5.97 Å². The highest BCUT2D eigenvalue weighted by Crippen LogP contribution is 2.55. The summed E-state index contributed by atoms with van der Waals surface area (Å²) < 4.78 is 8.34. The van der Waals surface area contributed by atoms with Gasteiger partial charge in [-0.2, -0.15) is 0 Å². The van der Waals surface area contributed by atoms with Gasteiger partial charge in [-0.1, -0.05) is 53.0 Å². The topological polar surface area (TPSA) is 105 Å². The zero-order chi connectivity index (χ0) is 22.3. The first kappa shape index (κ1) is 23.3. The number of hydrogen-bond donors (Lipinski definition) is 2. The lowest BCUT2D eigenvalue weighted by Crippen LogP contribution is -2.81. The Labute approximate surface area is 192 Å². The number of benzene rings is 1. The molecule has 8 nitrogen and oxygen atoms in total. The van der Waals surface area contributed by atoms with E-state index in [1.807, 2.05) is 0 Å². The predicted molar refractivity (Wildman–Crippen MR) is 113 cm³/mol. The van der Waals surface area contributed by atoms with E-state index < -0.39 is 50.1 Å². The second kappa shape index (κ2) is 8.27. The number of carbonyl (C=O) groups excluding carboxylic acids is 2. The number of carboxylic acids is 1. The van der Waals surface area contributed by atoms with Gasteiger partial charge in [0.25, 0.3) is 17.5 Å². The summed E-state index contributed by atoms with van der Waals surface area (Å²) in [5, 5.41) is 11.3. The molecular formula is C18H19Cl3N2O6S. The van der Waals surface area contributed by atoms with Crippen molar-refractivity contribution in [1.29, 1.82) is 0 Å². The maximum atomic E-state index is 13.0. The van der Waals surface area contributed by atoms with Crippen LogP contribution >= 0.6 is 46.6 Å². The van der Waals surface area contributed by atoms with Crippen LogP contribution in [0.4, 0.5) is 0 Å². The van der Waals surface area contributed by atoms with E-state index in [1.165, 1.54) is 16.7 Å². The molecule has 0 aliphatic carbocycles. The van der Waals surface area contributed by atoms with Crippen molar-refractivity contribution in [2.75, 3.05) is 13.2 Å². The SMILES string of the molecule is CC1(C)S[C@H]2N(C(=O)[C@@]2(NC(=O)COc2ccccc2)OCC(Cl)(Cl)Cl)[C@H]1C(=O)O. The highest BCUT2D eigenvalue weighted by Gasteiger charge is 2.73. The van der Waals surface area contributed by atoms with Crippen molar-refractivity contribution < 1.29 is 29.0 Å². The maximum absolute atomic E-state index is 13.0. The van der Waals surface area contributed by atoms with Crippen LogP contribution in [0, 0.1) is 0 Å². The molecule has 3 atom stereocenters. The fourth-order valence-electron chi connectivity index (χ4n) is 3.42. The van der Waals surface area contributed by atoms with Gasteiger partial charge in [0.15, 0.2) is 6.61 Å². The Morgan fingerprint density at radius 2 is 1.90 bits per heavy atom. The van der Waals surface area contributed by atoms with Gasteiger partial charge in [-0.05, 0) is 26.0 Å². The summed E-state index contributed by atoms with van der Waals surface area (Å²) in [6.07, 6.45) is 0. The molecule has 2 fully saturated rings. The number of thioether (sulfide) groups is 1.